The first-order valence-corrected chi connectivity index (χ1v) is 10.9. The second-order valence-electron chi connectivity index (χ2n) is 6.50. The highest BCUT2D eigenvalue weighted by atomic mass is 35.5. The molecule has 3 rings (SSSR count). The lowest BCUT2D eigenvalue weighted by Gasteiger charge is -2.34. The van der Waals surface area contributed by atoms with Gasteiger partial charge >= 0.3 is 0 Å². The van der Waals surface area contributed by atoms with Crippen molar-refractivity contribution in [2.45, 2.75) is 11.3 Å². The highest BCUT2D eigenvalue weighted by Gasteiger charge is 2.26. The number of piperazine rings is 1. The SMILES string of the molecule is O=[N+]([O-])c1cc(Cl)ccc1S(=O)(=O)NCCCN1CCN(c2ncccn2)CC1. The molecule has 0 aliphatic carbocycles. The number of anilines is 1. The van der Waals surface area contributed by atoms with Crippen molar-refractivity contribution >= 4 is 33.3 Å². The van der Waals surface area contributed by atoms with Crippen LogP contribution in [0.15, 0.2) is 41.6 Å². The van der Waals surface area contributed by atoms with Crippen LogP contribution in [-0.4, -0.2) is 67.5 Å². The molecule has 29 heavy (non-hydrogen) atoms. The zero-order valence-electron chi connectivity index (χ0n) is 15.6. The predicted molar refractivity (Wildman–Crippen MR) is 109 cm³/mol. The Balaban J connectivity index is 1.47. The number of nitro groups is 1. The Morgan fingerprint density at radius 1 is 1.17 bits per heavy atom. The van der Waals surface area contributed by atoms with Crippen molar-refractivity contribution in [2.75, 3.05) is 44.2 Å². The molecule has 0 unspecified atom stereocenters. The van der Waals surface area contributed by atoms with E-state index < -0.39 is 20.6 Å². The number of nitrogens with one attached hydrogen (secondary N) is 1. The van der Waals surface area contributed by atoms with Gasteiger partial charge < -0.3 is 4.90 Å². The van der Waals surface area contributed by atoms with Crippen LogP contribution in [0.25, 0.3) is 0 Å². The van der Waals surface area contributed by atoms with Crippen molar-refractivity contribution in [3.8, 4) is 0 Å². The van der Waals surface area contributed by atoms with E-state index in [4.69, 9.17) is 11.6 Å². The van der Waals surface area contributed by atoms with Gasteiger partial charge in [0.15, 0.2) is 4.90 Å². The van der Waals surface area contributed by atoms with E-state index in [1.165, 1.54) is 6.07 Å². The molecule has 0 spiro atoms. The van der Waals surface area contributed by atoms with Crippen LogP contribution < -0.4 is 9.62 Å². The Hall–Kier alpha value is -2.34. The highest BCUT2D eigenvalue weighted by molar-refractivity contribution is 7.89. The van der Waals surface area contributed by atoms with Gasteiger partial charge in [-0.15, -0.1) is 0 Å². The Morgan fingerprint density at radius 2 is 1.86 bits per heavy atom. The van der Waals surface area contributed by atoms with E-state index in [9.17, 15) is 18.5 Å². The van der Waals surface area contributed by atoms with E-state index in [2.05, 4.69) is 24.5 Å². The lowest BCUT2D eigenvalue weighted by Crippen LogP contribution is -2.47. The summed E-state index contributed by atoms with van der Waals surface area (Å²) in [5.74, 6) is 0.712. The molecule has 1 aliphatic heterocycles. The van der Waals surface area contributed by atoms with Crippen LogP contribution in [0, 0.1) is 10.1 Å². The van der Waals surface area contributed by atoms with Gasteiger partial charge in [-0.1, -0.05) is 11.6 Å². The van der Waals surface area contributed by atoms with Gasteiger partial charge in [0.1, 0.15) is 0 Å². The average Bonchev–Trinajstić information content (AvgIpc) is 2.72. The molecule has 1 fully saturated rings. The van der Waals surface area contributed by atoms with Crippen LogP contribution in [-0.2, 0) is 10.0 Å². The number of benzene rings is 1. The summed E-state index contributed by atoms with van der Waals surface area (Å²) >= 11 is 5.74. The van der Waals surface area contributed by atoms with Crippen LogP contribution in [0.1, 0.15) is 6.42 Å². The normalized spacial score (nSPS) is 15.4. The van der Waals surface area contributed by atoms with Crippen LogP contribution in [0.4, 0.5) is 11.6 Å². The topological polar surface area (TPSA) is 122 Å². The van der Waals surface area contributed by atoms with Gasteiger partial charge in [-0.05, 0) is 31.2 Å². The number of aromatic nitrogens is 2. The summed E-state index contributed by atoms with van der Waals surface area (Å²) < 4.78 is 27.3. The molecule has 0 atom stereocenters. The van der Waals surface area contributed by atoms with Crippen LogP contribution >= 0.6 is 11.6 Å². The summed E-state index contributed by atoms with van der Waals surface area (Å²) in [5.41, 5.74) is -0.538. The molecule has 12 heteroatoms. The molecular formula is C17H21ClN6O4S. The second-order valence-corrected chi connectivity index (χ2v) is 8.67. The van der Waals surface area contributed by atoms with Gasteiger partial charge in [-0.3, -0.25) is 15.0 Å². The van der Waals surface area contributed by atoms with Gasteiger partial charge in [-0.25, -0.2) is 23.1 Å². The number of halogens is 1. The van der Waals surface area contributed by atoms with Crippen molar-refractivity contribution in [2.24, 2.45) is 0 Å². The molecule has 2 aromatic rings. The van der Waals surface area contributed by atoms with Gasteiger partial charge in [0, 0.05) is 56.2 Å². The monoisotopic (exact) mass is 440 g/mol. The van der Waals surface area contributed by atoms with Crippen molar-refractivity contribution in [3.63, 3.8) is 0 Å². The Labute approximate surface area is 173 Å². The summed E-state index contributed by atoms with van der Waals surface area (Å²) in [4.78, 5) is 22.8. The molecule has 0 amide bonds. The zero-order chi connectivity index (χ0) is 20.9. The fourth-order valence-corrected chi connectivity index (χ4v) is 4.46. The maximum atomic E-state index is 12.4. The number of hydrogen-bond donors (Lipinski definition) is 1. The zero-order valence-corrected chi connectivity index (χ0v) is 17.1. The summed E-state index contributed by atoms with van der Waals surface area (Å²) in [7, 11) is -3.99. The molecular weight excluding hydrogens is 420 g/mol. The standard InChI is InChI=1S/C17H21ClN6O4S/c18-14-3-4-16(15(13-14)24(25)26)29(27,28)21-7-2-8-22-9-11-23(12-10-22)17-19-5-1-6-20-17/h1,3-6,13,21H,2,7-12H2. The van der Waals surface area contributed by atoms with Gasteiger partial charge in [0.25, 0.3) is 5.69 Å². The first kappa shape index (κ1) is 21.4. The summed E-state index contributed by atoms with van der Waals surface area (Å²) in [6, 6.07) is 5.28. The van der Waals surface area contributed by atoms with E-state index in [0.717, 1.165) is 38.3 Å². The summed E-state index contributed by atoms with van der Waals surface area (Å²) in [6.45, 7) is 4.15. The molecule has 1 N–H and O–H groups in total. The fourth-order valence-electron chi connectivity index (χ4n) is 3.07. The summed E-state index contributed by atoms with van der Waals surface area (Å²) in [5, 5.41) is 11.2. The van der Waals surface area contributed by atoms with E-state index >= 15 is 0 Å². The number of sulfonamides is 1. The quantitative estimate of drug-likeness (QED) is 0.372. The molecule has 1 aliphatic rings. The molecule has 0 bridgehead atoms. The minimum atomic E-state index is -3.99. The van der Waals surface area contributed by atoms with Gasteiger partial charge in [-0.2, -0.15) is 0 Å². The second kappa shape index (κ2) is 9.44. The van der Waals surface area contributed by atoms with E-state index in [-0.39, 0.29) is 16.5 Å². The lowest BCUT2D eigenvalue weighted by molar-refractivity contribution is -0.387. The Bertz CT molecular complexity index is 952. The largest absolute Gasteiger partial charge is 0.338 e. The maximum absolute atomic E-state index is 12.4. The highest BCUT2D eigenvalue weighted by Crippen LogP contribution is 2.26. The third-order valence-electron chi connectivity index (χ3n) is 4.56. The number of hydrogen-bond acceptors (Lipinski definition) is 8. The number of nitro benzene ring substituents is 1. The molecule has 1 aromatic carbocycles. The third-order valence-corrected chi connectivity index (χ3v) is 6.30. The van der Waals surface area contributed by atoms with Crippen molar-refractivity contribution in [1.29, 1.82) is 0 Å². The van der Waals surface area contributed by atoms with Crippen molar-refractivity contribution in [3.05, 3.63) is 51.8 Å². The maximum Gasteiger partial charge on any atom is 0.290 e. The smallest absolute Gasteiger partial charge is 0.290 e. The van der Waals surface area contributed by atoms with Gasteiger partial charge in [0.05, 0.1) is 4.92 Å². The first-order valence-electron chi connectivity index (χ1n) is 9.05. The number of nitrogens with zero attached hydrogens (tertiary/aromatic N) is 5. The van der Waals surface area contributed by atoms with Crippen molar-refractivity contribution < 1.29 is 13.3 Å². The minimum Gasteiger partial charge on any atom is -0.338 e. The predicted octanol–water partition coefficient (Wildman–Crippen LogP) is 1.53. The molecule has 10 nitrogen and oxygen atoms in total. The molecule has 156 valence electrons. The van der Waals surface area contributed by atoms with Crippen LogP contribution in [0.3, 0.4) is 0 Å². The average molecular weight is 441 g/mol. The Morgan fingerprint density at radius 3 is 2.52 bits per heavy atom. The third kappa shape index (κ3) is 5.60. The fraction of sp³-hybridized carbons (Fsp3) is 0.412. The minimum absolute atomic E-state index is 0.107. The molecule has 1 aromatic heterocycles. The van der Waals surface area contributed by atoms with Gasteiger partial charge in [0.2, 0.25) is 16.0 Å². The van der Waals surface area contributed by atoms with Crippen LogP contribution in [0.5, 0.6) is 0 Å². The van der Waals surface area contributed by atoms with Crippen molar-refractivity contribution in [1.82, 2.24) is 19.6 Å². The summed E-state index contributed by atoms with van der Waals surface area (Å²) in [6.07, 6.45) is 4.01. The van der Waals surface area contributed by atoms with E-state index in [0.29, 0.717) is 18.9 Å². The molecule has 1 saturated heterocycles. The lowest BCUT2D eigenvalue weighted by atomic mass is 10.3. The number of rotatable bonds is 8. The Kier molecular flexibility index (Phi) is 6.96. The van der Waals surface area contributed by atoms with Crippen LogP contribution in [0.2, 0.25) is 5.02 Å². The molecule has 2 heterocycles. The van der Waals surface area contributed by atoms with E-state index in [1.54, 1.807) is 18.5 Å². The molecule has 0 radical (unpaired) electrons. The first-order chi connectivity index (χ1) is 13.9. The molecule has 0 saturated carbocycles. The van der Waals surface area contributed by atoms with E-state index in [1.807, 2.05) is 0 Å².